The third kappa shape index (κ3) is 3.17. The maximum atomic E-state index is 5.82. The lowest BCUT2D eigenvalue weighted by Crippen LogP contribution is -1.80. The van der Waals surface area contributed by atoms with Crippen molar-refractivity contribution in [1.82, 2.24) is 0 Å². The molecule has 0 fully saturated rings. The van der Waals surface area contributed by atoms with Crippen molar-refractivity contribution in [2.24, 2.45) is 0 Å². The Morgan fingerprint density at radius 2 is 1.82 bits per heavy atom. The van der Waals surface area contributed by atoms with Gasteiger partial charge < -0.3 is 0 Å². The minimum Gasteiger partial charge on any atom is -0.147 e. The SMILES string of the molecule is Cl.PC(Cl)c1ccccc1Cl. The van der Waals surface area contributed by atoms with Crippen molar-refractivity contribution in [2.45, 2.75) is 5.12 Å². The smallest absolute Gasteiger partial charge is 0.0737 e. The molecule has 1 aromatic carbocycles. The van der Waals surface area contributed by atoms with Crippen LogP contribution in [0.15, 0.2) is 24.3 Å². The van der Waals surface area contributed by atoms with Gasteiger partial charge in [-0.1, -0.05) is 29.8 Å². The molecule has 0 aromatic heterocycles. The minimum atomic E-state index is -0.0892. The highest BCUT2D eigenvalue weighted by atomic mass is 35.5. The molecule has 0 spiro atoms. The number of alkyl halides is 1. The molecule has 0 nitrogen and oxygen atoms in total. The van der Waals surface area contributed by atoms with Crippen LogP contribution in [0.2, 0.25) is 5.02 Å². The van der Waals surface area contributed by atoms with Crippen molar-refractivity contribution < 1.29 is 0 Å². The summed E-state index contributed by atoms with van der Waals surface area (Å²) >= 11 is 11.6. The third-order valence-electron chi connectivity index (χ3n) is 1.20. The van der Waals surface area contributed by atoms with Crippen LogP contribution in [-0.4, -0.2) is 0 Å². The van der Waals surface area contributed by atoms with Gasteiger partial charge in [-0.05, 0) is 11.6 Å². The van der Waals surface area contributed by atoms with Crippen molar-refractivity contribution in [1.29, 1.82) is 0 Å². The average molecular weight is 229 g/mol. The van der Waals surface area contributed by atoms with Crippen LogP contribution in [0.25, 0.3) is 0 Å². The number of hydrogen-bond acceptors (Lipinski definition) is 0. The summed E-state index contributed by atoms with van der Waals surface area (Å²) in [5.74, 6) is 0. The molecule has 2 unspecified atom stereocenters. The van der Waals surface area contributed by atoms with Crippen molar-refractivity contribution in [3.8, 4) is 0 Å². The zero-order valence-corrected chi connectivity index (χ0v) is 9.11. The summed E-state index contributed by atoms with van der Waals surface area (Å²) in [6, 6.07) is 7.54. The molecule has 0 N–H and O–H groups in total. The molecule has 0 bridgehead atoms. The molecule has 0 heterocycles. The van der Waals surface area contributed by atoms with Crippen molar-refractivity contribution in [3.63, 3.8) is 0 Å². The van der Waals surface area contributed by atoms with Gasteiger partial charge in [0.25, 0.3) is 0 Å². The predicted molar refractivity (Wildman–Crippen MR) is 57.0 cm³/mol. The van der Waals surface area contributed by atoms with E-state index >= 15 is 0 Å². The van der Waals surface area contributed by atoms with E-state index in [4.69, 9.17) is 23.2 Å². The highest BCUT2D eigenvalue weighted by molar-refractivity contribution is 7.20. The molecule has 0 saturated heterocycles. The first kappa shape index (κ1) is 11.5. The number of halogens is 3. The molecule has 0 amide bonds. The maximum Gasteiger partial charge on any atom is 0.0737 e. The van der Waals surface area contributed by atoms with Crippen LogP contribution >= 0.6 is 44.8 Å². The summed E-state index contributed by atoms with van der Waals surface area (Å²) in [5, 5.41) is 0.631. The summed E-state index contributed by atoms with van der Waals surface area (Å²) in [7, 11) is 2.49. The van der Waals surface area contributed by atoms with Crippen molar-refractivity contribution >= 4 is 44.8 Å². The zero-order chi connectivity index (χ0) is 7.56. The predicted octanol–water partition coefficient (Wildman–Crippen LogP) is 3.87. The molecule has 11 heavy (non-hydrogen) atoms. The number of benzene rings is 1. The fraction of sp³-hybridized carbons (Fsp3) is 0.143. The van der Waals surface area contributed by atoms with Gasteiger partial charge in [0.15, 0.2) is 0 Å². The molecular formula is C7H8Cl3P. The van der Waals surface area contributed by atoms with Gasteiger partial charge in [-0.2, -0.15) is 0 Å². The van der Waals surface area contributed by atoms with Gasteiger partial charge in [-0.25, -0.2) is 0 Å². The normalized spacial score (nSPS) is 11.9. The van der Waals surface area contributed by atoms with Gasteiger partial charge in [0.2, 0.25) is 0 Å². The molecule has 1 rings (SSSR count). The zero-order valence-electron chi connectivity index (χ0n) is 5.63. The lowest BCUT2D eigenvalue weighted by molar-refractivity contribution is 1.37. The van der Waals surface area contributed by atoms with E-state index in [1.807, 2.05) is 24.3 Å². The second kappa shape index (κ2) is 5.22. The highest BCUT2D eigenvalue weighted by Gasteiger charge is 2.03. The molecule has 0 aliphatic heterocycles. The lowest BCUT2D eigenvalue weighted by atomic mass is 10.2. The van der Waals surface area contributed by atoms with E-state index in [9.17, 15) is 0 Å². The standard InChI is InChI=1S/C7H7Cl2P.ClH/c8-6-4-2-1-3-5(6)7(9)10;/h1-4,7H,10H2;1H. The van der Waals surface area contributed by atoms with E-state index in [1.54, 1.807) is 0 Å². The second-order valence-electron chi connectivity index (χ2n) is 1.92. The second-order valence-corrected chi connectivity index (χ2v) is 3.89. The van der Waals surface area contributed by atoms with E-state index in [0.29, 0.717) is 0 Å². The molecule has 0 saturated carbocycles. The summed E-state index contributed by atoms with van der Waals surface area (Å²) in [6.45, 7) is 0. The van der Waals surface area contributed by atoms with Crippen LogP contribution in [-0.2, 0) is 0 Å². The third-order valence-corrected chi connectivity index (χ3v) is 2.14. The first-order valence-corrected chi connectivity index (χ1v) is 4.34. The van der Waals surface area contributed by atoms with Gasteiger partial charge >= 0.3 is 0 Å². The minimum absolute atomic E-state index is 0. The van der Waals surface area contributed by atoms with Gasteiger partial charge in [-0.15, -0.1) is 33.2 Å². The van der Waals surface area contributed by atoms with Gasteiger partial charge in [0.05, 0.1) is 5.12 Å². The Kier molecular flexibility index (Phi) is 5.46. The Labute approximate surface area is 84.9 Å². The van der Waals surface area contributed by atoms with E-state index in [2.05, 4.69) is 9.24 Å². The van der Waals surface area contributed by atoms with Gasteiger partial charge in [-0.3, -0.25) is 0 Å². The summed E-state index contributed by atoms with van der Waals surface area (Å²) in [5.41, 5.74) is 0.954. The molecular weight excluding hydrogens is 221 g/mol. The van der Waals surface area contributed by atoms with E-state index in [1.165, 1.54) is 0 Å². The highest BCUT2D eigenvalue weighted by Crippen LogP contribution is 2.31. The van der Waals surface area contributed by atoms with Crippen LogP contribution < -0.4 is 0 Å². The van der Waals surface area contributed by atoms with Crippen LogP contribution in [0, 0.1) is 0 Å². The molecule has 4 heteroatoms. The topological polar surface area (TPSA) is 0 Å². The quantitative estimate of drug-likeness (QED) is 0.506. The van der Waals surface area contributed by atoms with Crippen molar-refractivity contribution in [2.75, 3.05) is 0 Å². The first-order chi connectivity index (χ1) is 4.72. The Balaban J connectivity index is 0.000001000. The summed E-state index contributed by atoms with van der Waals surface area (Å²) in [6.07, 6.45) is 0. The lowest BCUT2D eigenvalue weighted by Gasteiger charge is -2.03. The fourth-order valence-corrected chi connectivity index (χ4v) is 1.59. The Hall–Kier alpha value is 0.520. The maximum absolute atomic E-state index is 5.82. The molecule has 0 aliphatic rings. The molecule has 0 aliphatic carbocycles. The summed E-state index contributed by atoms with van der Waals surface area (Å²) < 4.78 is 0. The molecule has 0 radical (unpaired) electrons. The molecule has 2 atom stereocenters. The fourth-order valence-electron chi connectivity index (χ4n) is 0.699. The monoisotopic (exact) mass is 228 g/mol. The Morgan fingerprint density at radius 1 is 1.27 bits per heavy atom. The van der Waals surface area contributed by atoms with Crippen molar-refractivity contribution in [3.05, 3.63) is 34.9 Å². The van der Waals surface area contributed by atoms with Gasteiger partial charge in [0.1, 0.15) is 0 Å². The van der Waals surface area contributed by atoms with Crippen LogP contribution in [0.5, 0.6) is 0 Å². The van der Waals surface area contributed by atoms with E-state index in [0.717, 1.165) is 10.6 Å². The van der Waals surface area contributed by atoms with Crippen LogP contribution in [0.4, 0.5) is 0 Å². The average Bonchev–Trinajstić information content (AvgIpc) is 1.88. The first-order valence-electron chi connectivity index (χ1n) is 2.86. The number of hydrogen-bond donors (Lipinski definition) is 0. The van der Waals surface area contributed by atoms with E-state index < -0.39 is 0 Å². The number of rotatable bonds is 1. The van der Waals surface area contributed by atoms with Gasteiger partial charge in [0, 0.05) is 5.02 Å². The van der Waals surface area contributed by atoms with Crippen LogP contribution in [0.1, 0.15) is 10.7 Å². The Bertz CT molecular complexity index is 225. The van der Waals surface area contributed by atoms with Crippen LogP contribution in [0.3, 0.4) is 0 Å². The van der Waals surface area contributed by atoms with E-state index in [-0.39, 0.29) is 17.5 Å². The Morgan fingerprint density at radius 3 is 2.18 bits per heavy atom. The summed E-state index contributed by atoms with van der Waals surface area (Å²) in [4.78, 5) is 0. The largest absolute Gasteiger partial charge is 0.147 e. The molecule has 1 aromatic rings. The molecule has 62 valence electrons.